The Kier molecular flexibility index (Phi) is 2.67. The van der Waals surface area contributed by atoms with Crippen LogP contribution in [-0.4, -0.2) is 11.5 Å². The van der Waals surface area contributed by atoms with Gasteiger partial charge in [-0.1, -0.05) is 24.3 Å². The van der Waals surface area contributed by atoms with Crippen LogP contribution in [0.5, 0.6) is 0 Å². The normalized spacial score (nSPS) is 14.4. The van der Waals surface area contributed by atoms with Gasteiger partial charge in [-0.15, -0.1) is 0 Å². The van der Waals surface area contributed by atoms with Crippen LogP contribution in [0.25, 0.3) is 0 Å². The summed E-state index contributed by atoms with van der Waals surface area (Å²) in [5.41, 5.74) is 10.9. The van der Waals surface area contributed by atoms with Crippen molar-refractivity contribution in [3.05, 3.63) is 53.2 Å². The van der Waals surface area contributed by atoms with Gasteiger partial charge in [0.15, 0.2) is 0 Å². The number of pyridine rings is 1. The molecule has 0 aliphatic carbocycles. The van der Waals surface area contributed by atoms with Gasteiger partial charge < -0.3 is 10.6 Å². The van der Waals surface area contributed by atoms with Gasteiger partial charge >= 0.3 is 0 Å². The Morgan fingerprint density at radius 3 is 2.72 bits per heavy atom. The fourth-order valence-corrected chi connectivity index (χ4v) is 2.57. The molecule has 0 saturated carbocycles. The number of hydrogen-bond acceptors (Lipinski definition) is 3. The van der Waals surface area contributed by atoms with Gasteiger partial charge in [-0.2, -0.15) is 0 Å². The Hall–Kier alpha value is -2.03. The fourth-order valence-electron chi connectivity index (χ4n) is 2.57. The lowest BCUT2D eigenvalue weighted by atomic mass is 9.99. The number of fused-ring (bicyclic) bond motifs is 1. The van der Waals surface area contributed by atoms with Crippen LogP contribution < -0.4 is 10.6 Å². The number of rotatable bonds is 1. The van der Waals surface area contributed by atoms with E-state index in [0.29, 0.717) is 5.82 Å². The van der Waals surface area contributed by atoms with Crippen molar-refractivity contribution in [2.24, 2.45) is 0 Å². The SMILES string of the molecule is Cc1cc(N2CCc3ccccc3C2)cc(N)n1. The first-order chi connectivity index (χ1) is 8.72. The molecule has 0 radical (unpaired) electrons. The first-order valence-electron chi connectivity index (χ1n) is 6.28. The van der Waals surface area contributed by atoms with E-state index in [2.05, 4.69) is 40.2 Å². The summed E-state index contributed by atoms with van der Waals surface area (Å²) in [5.74, 6) is 0.601. The van der Waals surface area contributed by atoms with E-state index in [-0.39, 0.29) is 0 Å². The number of nitrogen functional groups attached to an aromatic ring is 1. The van der Waals surface area contributed by atoms with Gasteiger partial charge in [-0.3, -0.25) is 0 Å². The van der Waals surface area contributed by atoms with E-state index in [0.717, 1.165) is 25.2 Å². The second kappa shape index (κ2) is 4.33. The molecule has 1 aliphatic rings. The summed E-state index contributed by atoms with van der Waals surface area (Å²) < 4.78 is 0. The van der Waals surface area contributed by atoms with Gasteiger partial charge in [0.1, 0.15) is 5.82 Å². The standard InChI is InChI=1S/C15H17N3/c1-11-8-14(9-15(16)17-11)18-7-6-12-4-2-3-5-13(12)10-18/h2-5,8-9H,6-7,10H2,1H3,(H2,16,17). The van der Waals surface area contributed by atoms with Crippen molar-refractivity contribution < 1.29 is 0 Å². The smallest absolute Gasteiger partial charge is 0.125 e. The van der Waals surface area contributed by atoms with Crippen LogP contribution >= 0.6 is 0 Å². The molecule has 2 heterocycles. The molecule has 0 spiro atoms. The highest BCUT2D eigenvalue weighted by molar-refractivity contribution is 5.55. The molecule has 3 rings (SSSR count). The van der Waals surface area contributed by atoms with Crippen LogP contribution in [-0.2, 0) is 13.0 Å². The van der Waals surface area contributed by atoms with Crippen LogP contribution in [0.1, 0.15) is 16.8 Å². The molecule has 0 atom stereocenters. The summed E-state index contributed by atoms with van der Waals surface area (Å²) in [6, 6.07) is 12.7. The zero-order valence-corrected chi connectivity index (χ0v) is 10.6. The van der Waals surface area contributed by atoms with E-state index >= 15 is 0 Å². The maximum atomic E-state index is 5.82. The highest BCUT2D eigenvalue weighted by Crippen LogP contribution is 2.25. The van der Waals surface area contributed by atoms with E-state index < -0.39 is 0 Å². The molecule has 18 heavy (non-hydrogen) atoms. The first kappa shape index (κ1) is 11.1. The Morgan fingerprint density at radius 2 is 1.94 bits per heavy atom. The maximum Gasteiger partial charge on any atom is 0.125 e. The number of anilines is 2. The van der Waals surface area contributed by atoms with Crippen LogP contribution in [0.2, 0.25) is 0 Å². The van der Waals surface area contributed by atoms with Crippen LogP contribution in [0.4, 0.5) is 11.5 Å². The van der Waals surface area contributed by atoms with Gasteiger partial charge in [0, 0.05) is 30.5 Å². The van der Waals surface area contributed by atoms with E-state index in [1.807, 2.05) is 13.0 Å². The predicted octanol–water partition coefficient (Wildman–Crippen LogP) is 2.53. The summed E-state index contributed by atoms with van der Waals surface area (Å²) in [7, 11) is 0. The van der Waals surface area contributed by atoms with Crippen LogP contribution in [0.15, 0.2) is 36.4 Å². The van der Waals surface area contributed by atoms with E-state index in [1.165, 1.54) is 16.8 Å². The van der Waals surface area contributed by atoms with Crippen molar-refractivity contribution in [3.8, 4) is 0 Å². The van der Waals surface area contributed by atoms with Crippen LogP contribution in [0.3, 0.4) is 0 Å². The average Bonchev–Trinajstić information content (AvgIpc) is 2.37. The molecule has 1 aliphatic heterocycles. The Balaban J connectivity index is 1.91. The van der Waals surface area contributed by atoms with Gasteiger partial charge in [0.25, 0.3) is 0 Å². The third-order valence-corrected chi connectivity index (χ3v) is 3.45. The van der Waals surface area contributed by atoms with E-state index in [9.17, 15) is 0 Å². The number of aryl methyl sites for hydroxylation is 1. The Morgan fingerprint density at radius 1 is 1.17 bits per heavy atom. The molecule has 2 aromatic rings. The molecule has 92 valence electrons. The summed E-state index contributed by atoms with van der Waals surface area (Å²) in [4.78, 5) is 6.59. The maximum absolute atomic E-state index is 5.82. The second-order valence-corrected chi connectivity index (χ2v) is 4.83. The summed E-state index contributed by atoms with van der Waals surface area (Å²) in [6.07, 6.45) is 1.09. The molecule has 3 heteroatoms. The first-order valence-corrected chi connectivity index (χ1v) is 6.28. The van der Waals surface area contributed by atoms with Gasteiger partial charge in [0.05, 0.1) is 0 Å². The molecular weight excluding hydrogens is 222 g/mol. The third-order valence-electron chi connectivity index (χ3n) is 3.45. The van der Waals surface area contributed by atoms with Crippen molar-refractivity contribution in [1.29, 1.82) is 0 Å². The summed E-state index contributed by atoms with van der Waals surface area (Å²) in [6.45, 7) is 3.98. The molecule has 0 unspecified atom stereocenters. The molecule has 0 bridgehead atoms. The summed E-state index contributed by atoms with van der Waals surface area (Å²) >= 11 is 0. The molecule has 0 saturated heterocycles. The number of nitrogens with zero attached hydrogens (tertiary/aromatic N) is 2. The lowest BCUT2D eigenvalue weighted by molar-refractivity contribution is 0.731. The molecule has 2 N–H and O–H groups in total. The number of nitrogens with two attached hydrogens (primary N) is 1. The third kappa shape index (κ3) is 2.04. The molecular formula is C15H17N3. The molecule has 3 nitrogen and oxygen atoms in total. The highest BCUT2D eigenvalue weighted by Gasteiger charge is 2.16. The van der Waals surface area contributed by atoms with Gasteiger partial charge in [0.2, 0.25) is 0 Å². The lowest BCUT2D eigenvalue weighted by Gasteiger charge is -2.31. The number of hydrogen-bond donors (Lipinski definition) is 1. The quantitative estimate of drug-likeness (QED) is 0.831. The second-order valence-electron chi connectivity index (χ2n) is 4.83. The highest BCUT2D eigenvalue weighted by atomic mass is 15.1. The Labute approximate surface area is 107 Å². The largest absolute Gasteiger partial charge is 0.384 e. The summed E-state index contributed by atoms with van der Waals surface area (Å²) in [5, 5.41) is 0. The Bertz CT molecular complexity index is 557. The zero-order chi connectivity index (χ0) is 12.5. The lowest BCUT2D eigenvalue weighted by Crippen LogP contribution is -2.30. The minimum atomic E-state index is 0.601. The van der Waals surface area contributed by atoms with Crippen molar-refractivity contribution in [3.63, 3.8) is 0 Å². The number of aromatic nitrogens is 1. The predicted molar refractivity (Wildman–Crippen MR) is 74.6 cm³/mol. The monoisotopic (exact) mass is 239 g/mol. The molecule has 0 fully saturated rings. The van der Waals surface area contributed by atoms with Crippen molar-refractivity contribution in [1.82, 2.24) is 4.98 Å². The van der Waals surface area contributed by atoms with Crippen molar-refractivity contribution >= 4 is 11.5 Å². The average molecular weight is 239 g/mol. The van der Waals surface area contributed by atoms with Gasteiger partial charge in [-0.05, 0) is 30.5 Å². The van der Waals surface area contributed by atoms with E-state index in [1.54, 1.807) is 0 Å². The molecule has 1 aromatic carbocycles. The van der Waals surface area contributed by atoms with Gasteiger partial charge in [-0.25, -0.2) is 4.98 Å². The topological polar surface area (TPSA) is 42.1 Å². The van der Waals surface area contributed by atoms with Crippen molar-refractivity contribution in [2.45, 2.75) is 19.9 Å². The molecule has 1 aromatic heterocycles. The van der Waals surface area contributed by atoms with E-state index in [4.69, 9.17) is 5.73 Å². The van der Waals surface area contributed by atoms with Crippen molar-refractivity contribution in [2.75, 3.05) is 17.2 Å². The minimum absolute atomic E-state index is 0.601. The van der Waals surface area contributed by atoms with Crippen LogP contribution in [0, 0.1) is 6.92 Å². The number of benzene rings is 1. The fraction of sp³-hybridized carbons (Fsp3) is 0.267. The molecule has 0 amide bonds. The zero-order valence-electron chi connectivity index (χ0n) is 10.6. The minimum Gasteiger partial charge on any atom is -0.384 e.